The zero-order valence-electron chi connectivity index (χ0n) is 14.3. The zero-order chi connectivity index (χ0) is 17.3. The molecule has 3 rings (SSSR count). The molecule has 1 aliphatic rings. The molecule has 1 aliphatic carbocycles. The summed E-state index contributed by atoms with van der Waals surface area (Å²) in [6.45, 7) is 6.58. The maximum Gasteiger partial charge on any atom is 0.178 e. The highest BCUT2D eigenvalue weighted by Gasteiger charge is 2.31. The fourth-order valence-corrected chi connectivity index (χ4v) is 3.88. The highest BCUT2D eigenvalue weighted by atomic mass is 35.5. The summed E-state index contributed by atoms with van der Waals surface area (Å²) in [6, 6.07) is 14.2. The lowest BCUT2D eigenvalue weighted by molar-refractivity contribution is 0.0964. The summed E-state index contributed by atoms with van der Waals surface area (Å²) in [5, 5.41) is 0.698. The third-order valence-corrected chi connectivity index (χ3v) is 5.35. The molecule has 0 aromatic heterocycles. The fraction of sp³-hybridized carbons (Fsp3) is 0.286. The Labute approximate surface area is 150 Å². The molecule has 122 valence electrons. The minimum atomic E-state index is -1.48. The summed E-state index contributed by atoms with van der Waals surface area (Å²) in [5.74, 6) is 3.12. The van der Waals surface area contributed by atoms with Crippen LogP contribution in [0, 0.1) is 17.4 Å². The van der Waals surface area contributed by atoms with Crippen LogP contribution in [0.3, 0.4) is 0 Å². The fourth-order valence-electron chi connectivity index (χ4n) is 2.96. The van der Waals surface area contributed by atoms with Gasteiger partial charge in [0, 0.05) is 10.6 Å². The van der Waals surface area contributed by atoms with Crippen LogP contribution >= 0.6 is 11.6 Å². The number of hydrogen-bond donors (Lipinski definition) is 0. The van der Waals surface area contributed by atoms with Crippen molar-refractivity contribution in [1.82, 2.24) is 0 Å². The molecular weight excluding hydrogens is 332 g/mol. The largest absolute Gasteiger partial charge is 0.293 e. The van der Waals surface area contributed by atoms with E-state index in [0.717, 1.165) is 23.1 Å². The van der Waals surface area contributed by atoms with Crippen molar-refractivity contribution in [3.05, 3.63) is 69.7 Å². The maximum atomic E-state index is 12.7. The van der Waals surface area contributed by atoms with Gasteiger partial charge in [-0.1, -0.05) is 67.5 Å². The average Bonchev–Trinajstić information content (AvgIpc) is 2.83. The van der Waals surface area contributed by atoms with E-state index in [9.17, 15) is 4.79 Å². The third-order valence-electron chi connectivity index (χ3n) is 4.12. The van der Waals surface area contributed by atoms with Crippen LogP contribution in [0.15, 0.2) is 42.5 Å². The molecule has 2 aromatic rings. The van der Waals surface area contributed by atoms with E-state index in [1.54, 1.807) is 0 Å². The van der Waals surface area contributed by atoms with Crippen LogP contribution in [-0.2, 0) is 12.8 Å². The number of benzene rings is 2. The average molecular weight is 353 g/mol. The van der Waals surface area contributed by atoms with E-state index < -0.39 is 8.07 Å². The SMILES string of the molecule is C[Si](C)(C)C#CC1Cc2c(Cl)cc(Cc3ccccc3)cc2C1=O. The smallest absolute Gasteiger partial charge is 0.178 e. The molecule has 0 bridgehead atoms. The molecule has 0 spiro atoms. The second-order valence-electron chi connectivity index (χ2n) is 7.41. The molecule has 1 unspecified atom stereocenters. The number of carbonyl (C=O) groups excluding carboxylic acids is 1. The maximum absolute atomic E-state index is 12.7. The summed E-state index contributed by atoms with van der Waals surface area (Å²) in [5.41, 5.74) is 7.36. The number of halogens is 1. The van der Waals surface area contributed by atoms with E-state index in [1.165, 1.54) is 5.56 Å². The van der Waals surface area contributed by atoms with Crippen molar-refractivity contribution in [1.29, 1.82) is 0 Å². The topological polar surface area (TPSA) is 17.1 Å². The number of carbonyl (C=O) groups is 1. The van der Waals surface area contributed by atoms with E-state index in [4.69, 9.17) is 11.6 Å². The standard InChI is InChI=1S/C21H21ClOSi/c1-24(2,3)10-9-17-14-18-19(21(17)23)12-16(13-20(18)22)11-15-7-5-4-6-8-15/h4-8,12-13,17H,11,14H2,1-3H3. The Morgan fingerprint density at radius 2 is 1.83 bits per heavy atom. The van der Waals surface area contributed by atoms with E-state index in [1.807, 2.05) is 30.3 Å². The second kappa shape index (κ2) is 6.59. The molecule has 2 aromatic carbocycles. The minimum Gasteiger partial charge on any atom is -0.293 e. The van der Waals surface area contributed by atoms with Gasteiger partial charge in [-0.15, -0.1) is 5.54 Å². The number of ketones is 1. The molecule has 0 saturated carbocycles. The van der Waals surface area contributed by atoms with Crippen molar-refractivity contribution in [2.45, 2.75) is 32.5 Å². The van der Waals surface area contributed by atoms with Crippen LogP contribution in [0.5, 0.6) is 0 Å². The first-order valence-corrected chi connectivity index (χ1v) is 12.1. The van der Waals surface area contributed by atoms with Crippen LogP contribution in [0.4, 0.5) is 0 Å². The molecule has 0 amide bonds. The molecule has 3 heteroatoms. The Kier molecular flexibility index (Phi) is 4.67. The lowest BCUT2D eigenvalue weighted by atomic mass is 10.00. The first-order chi connectivity index (χ1) is 11.3. The summed E-state index contributed by atoms with van der Waals surface area (Å²) >= 11 is 6.47. The molecule has 1 nitrogen and oxygen atoms in total. The number of rotatable bonds is 2. The molecule has 24 heavy (non-hydrogen) atoms. The number of hydrogen-bond acceptors (Lipinski definition) is 1. The lowest BCUT2D eigenvalue weighted by Gasteiger charge is -2.07. The van der Waals surface area contributed by atoms with Crippen LogP contribution in [0.2, 0.25) is 24.7 Å². The van der Waals surface area contributed by atoms with Gasteiger partial charge in [-0.3, -0.25) is 4.79 Å². The van der Waals surface area contributed by atoms with E-state index in [0.29, 0.717) is 11.4 Å². The Bertz CT molecular complexity index is 838. The van der Waals surface area contributed by atoms with Gasteiger partial charge in [0.15, 0.2) is 5.78 Å². The molecule has 0 radical (unpaired) electrons. The third kappa shape index (κ3) is 3.80. The summed E-state index contributed by atoms with van der Waals surface area (Å²) < 4.78 is 0. The van der Waals surface area contributed by atoms with Crippen molar-refractivity contribution in [2.24, 2.45) is 5.92 Å². The Balaban J connectivity index is 1.89. The van der Waals surface area contributed by atoms with Gasteiger partial charge >= 0.3 is 0 Å². The predicted octanol–water partition coefficient (Wildman–Crippen LogP) is 5.17. The first kappa shape index (κ1) is 17.0. The summed E-state index contributed by atoms with van der Waals surface area (Å²) in [7, 11) is -1.48. The quantitative estimate of drug-likeness (QED) is 0.538. The molecule has 0 N–H and O–H groups in total. The van der Waals surface area contributed by atoms with Crippen molar-refractivity contribution in [3.8, 4) is 11.5 Å². The van der Waals surface area contributed by atoms with Crippen LogP contribution < -0.4 is 0 Å². The van der Waals surface area contributed by atoms with Crippen LogP contribution in [0.25, 0.3) is 0 Å². The Morgan fingerprint density at radius 3 is 2.50 bits per heavy atom. The van der Waals surface area contributed by atoms with E-state index in [-0.39, 0.29) is 11.7 Å². The van der Waals surface area contributed by atoms with Gasteiger partial charge in [-0.05, 0) is 41.7 Å². The van der Waals surface area contributed by atoms with Gasteiger partial charge in [0.2, 0.25) is 0 Å². The van der Waals surface area contributed by atoms with Crippen molar-refractivity contribution in [3.63, 3.8) is 0 Å². The van der Waals surface area contributed by atoms with Crippen LogP contribution in [-0.4, -0.2) is 13.9 Å². The monoisotopic (exact) mass is 352 g/mol. The van der Waals surface area contributed by atoms with E-state index >= 15 is 0 Å². The van der Waals surface area contributed by atoms with Gasteiger partial charge in [-0.2, -0.15) is 0 Å². The second-order valence-corrected chi connectivity index (χ2v) is 12.6. The Hall–Kier alpha value is -1.82. The lowest BCUT2D eigenvalue weighted by Crippen LogP contribution is -2.18. The van der Waals surface area contributed by atoms with Crippen molar-refractivity contribution >= 4 is 25.5 Å². The predicted molar refractivity (Wildman–Crippen MR) is 103 cm³/mol. The number of Topliss-reactive ketones (excluding diaryl/α,β-unsaturated/α-hetero) is 1. The molecule has 0 aliphatic heterocycles. The normalized spacial score (nSPS) is 16.5. The molecular formula is C21H21ClOSi. The first-order valence-electron chi connectivity index (χ1n) is 8.25. The summed E-state index contributed by atoms with van der Waals surface area (Å²) in [6.07, 6.45) is 1.43. The molecule has 0 heterocycles. The van der Waals surface area contributed by atoms with Gasteiger partial charge < -0.3 is 0 Å². The molecule has 0 saturated heterocycles. The van der Waals surface area contributed by atoms with Gasteiger partial charge in [-0.25, -0.2) is 0 Å². The van der Waals surface area contributed by atoms with Gasteiger partial charge in [0.25, 0.3) is 0 Å². The zero-order valence-corrected chi connectivity index (χ0v) is 16.1. The Morgan fingerprint density at radius 1 is 1.12 bits per heavy atom. The molecule has 1 atom stereocenters. The highest BCUT2D eigenvalue weighted by Crippen LogP contribution is 2.34. The number of fused-ring (bicyclic) bond motifs is 1. The highest BCUT2D eigenvalue weighted by molar-refractivity contribution is 6.83. The van der Waals surface area contributed by atoms with E-state index in [2.05, 4.69) is 43.2 Å². The van der Waals surface area contributed by atoms with Crippen molar-refractivity contribution in [2.75, 3.05) is 0 Å². The summed E-state index contributed by atoms with van der Waals surface area (Å²) in [4.78, 5) is 12.7. The molecule has 0 fully saturated rings. The minimum absolute atomic E-state index is 0.132. The van der Waals surface area contributed by atoms with Crippen LogP contribution in [0.1, 0.15) is 27.0 Å². The van der Waals surface area contributed by atoms with Gasteiger partial charge in [0.1, 0.15) is 8.07 Å². The van der Waals surface area contributed by atoms with Gasteiger partial charge in [0.05, 0.1) is 5.92 Å². The van der Waals surface area contributed by atoms with Crippen molar-refractivity contribution < 1.29 is 4.79 Å².